The van der Waals surface area contributed by atoms with Gasteiger partial charge in [-0.2, -0.15) is 57.1 Å². The summed E-state index contributed by atoms with van der Waals surface area (Å²) >= 11 is 3.53. The van der Waals surface area contributed by atoms with Gasteiger partial charge in [0.25, 0.3) is 0 Å². The number of hydrogen-bond donors (Lipinski definition) is 0. The van der Waals surface area contributed by atoms with Crippen LogP contribution >= 0.6 is 31.9 Å². The largest absolute Gasteiger partial charge is 0.460 e. The molecule has 0 nitrogen and oxygen atoms in total. The second kappa shape index (κ2) is 5.95. The van der Waals surface area contributed by atoms with Crippen LogP contribution in [0, 0.1) is 0 Å². The SMILES string of the molecule is FC(F)(F)C(F)(F)C(F)(F)C(F)(F)C(F)(F)C(F)(F)/C(Br)=C/Br. The lowest BCUT2D eigenvalue weighted by molar-refractivity contribution is -0.436. The van der Waals surface area contributed by atoms with Crippen LogP contribution < -0.4 is 0 Å². The van der Waals surface area contributed by atoms with Crippen LogP contribution in [-0.4, -0.2) is 35.8 Å². The molecule has 0 radical (unpaired) electrons. The first-order valence-corrected chi connectivity index (χ1v) is 6.36. The first-order chi connectivity index (χ1) is 9.73. The Hall–Kier alpha value is -0.210. The fourth-order valence-electron chi connectivity index (χ4n) is 0.988. The molecule has 23 heavy (non-hydrogen) atoms. The molecule has 0 saturated carbocycles. The van der Waals surface area contributed by atoms with E-state index in [0.717, 1.165) is 0 Å². The number of allylic oxidation sites excluding steroid dienone is 1. The van der Waals surface area contributed by atoms with E-state index in [0.29, 0.717) is 0 Å². The Kier molecular flexibility index (Phi) is 5.89. The molecule has 0 heterocycles. The molecule has 0 saturated heterocycles. The van der Waals surface area contributed by atoms with Crippen LogP contribution in [0.15, 0.2) is 9.47 Å². The van der Waals surface area contributed by atoms with Gasteiger partial charge in [-0.05, 0) is 20.9 Å². The quantitative estimate of drug-likeness (QED) is 0.383. The molecule has 0 spiro atoms. The highest BCUT2D eigenvalue weighted by Gasteiger charge is 2.91. The van der Waals surface area contributed by atoms with Crippen LogP contribution in [0.1, 0.15) is 0 Å². The van der Waals surface area contributed by atoms with Crippen molar-refractivity contribution in [2.24, 2.45) is 0 Å². The lowest BCUT2D eigenvalue weighted by Crippen LogP contribution is -2.70. The third kappa shape index (κ3) is 3.06. The van der Waals surface area contributed by atoms with Gasteiger partial charge in [0.1, 0.15) is 0 Å². The maximum absolute atomic E-state index is 13.1. The van der Waals surface area contributed by atoms with E-state index in [1.807, 2.05) is 15.9 Å². The Labute approximate surface area is 134 Å². The van der Waals surface area contributed by atoms with Crippen LogP contribution in [-0.2, 0) is 0 Å². The molecule has 15 heteroatoms. The van der Waals surface area contributed by atoms with E-state index in [1.54, 1.807) is 15.9 Å². The fraction of sp³-hybridized carbons (Fsp3) is 0.750. The molecule has 0 aromatic rings. The summed E-state index contributed by atoms with van der Waals surface area (Å²) in [6, 6.07) is 0. The molecule has 0 aromatic carbocycles. The summed E-state index contributed by atoms with van der Waals surface area (Å²) in [7, 11) is 0. The normalized spacial score (nSPS) is 16.7. The zero-order valence-corrected chi connectivity index (χ0v) is 12.9. The van der Waals surface area contributed by atoms with Crippen molar-refractivity contribution in [1.29, 1.82) is 0 Å². The first-order valence-electron chi connectivity index (χ1n) is 4.65. The summed E-state index contributed by atoms with van der Waals surface area (Å²) < 4.78 is 162. The Balaban J connectivity index is 6.36. The molecular weight excluding hydrogens is 503 g/mol. The van der Waals surface area contributed by atoms with Crippen molar-refractivity contribution in [2.75, 3.05) is 0 Å². The van der Waals surface area contributed by atoms with Crippen LogP contribution in [0.25, 0.3) is 0 Å². The first kappa shape index (κ1) is 22.8. The van der Waals surface area contributed by atoms with Crippen molar-refractivity contribution < 1.29 is 57.1 Å². The van der Waals surface area contributed by atoms with Gasteiger partial charge in [-0.15, -0.1) is 0 Å². The van der Waals surface area contributed by atoms with Gasteiger partial charge >= 0.3 is 35.8 Å². The zero-order chi connectivity index (χ0) is 19.3. The molecule has 138 valence electrons. The number of halogens is 15. The molecule has 0 bridgehead atoms. The van der Waals surface area contributed by atoms with Gasteiger partial charge in [0.05, 0.1) is 4.48 Å². The van der Waals surface area contributed by atoms with Crippen molar-refractivity contribution in [3.63, 3.8) is 0 Å². The third-order valence-electron chi connectivity index (χ3n) is 2.33. The van der Waals surface area contributed by atoms with Crippen LogP contribution in [0.4, 0.5) is 57.1 Å². The smallest absolute Gasteiger partial charge is 0.193 e. The molecule has 0 N–H and O–H groups in total. The van der Waals surface area contributed by atoms with Gasteiger partial charge in [-0.1, -0.05) is 15.9 Å². The van der Waals surface area contributed by atoms with Gasteiger partial charge in [0.15, 0.2) is 0 Å². The van der Waals surface area contributed by atoms with Gasteiger partial charge < -0.3 is 0 Å². The van der Waals surface area contributed by atoms with Gasteiger partial charge in [0.2, 0.25) is 0 Å². The molecule has 0 amide bonds. The van der Waals surface area contributed by atoms with Crippen molar-refractivity contribution in [2.45, 2.75) is 35.8 Å². The van der Waals surface area contributed by atoms with E-state index in [2.05, 4.69) is 0 Å². The van der Waals surface area contributed by atoms with Crippen LogP contribution in [0.2, 0.25) is 0 Å². The van der Waals surface area contributed by atoms with Crippen molar-refractivity contribution in [3.05, 3.63) is 9.47 Å². The summed E-state index contributed by atoms with van der Waals surface area (Å²) in [5, 5.41) is 0. The molecule has 0 aliphatic carbocycles. The maximum atomic E-state index is 13.1. The molecule has 0 atom stereocenters. The van der Waals surface area contributed by atoms with E-state index >= 15 is 0 Å². The highest BCUT2D eigenvalue weighted by molar-refractivity contribution is 9.14. The zero-order valence-electron chi connectivity index (χ0n) is 9.75. The predicted molar refractivity (Wildman–Crippen MR) is 56.7 cm³/mol. The average molecular weight is 504 g/mol. The van der Waals surface area contributed by atoms with Gasteiger partial charge in [-0.3, -0.25) is 0 Å². The number of alkyl halides is 13. The van der Waals surface area contributed by atoms with Gasteiger partial charge in [0, 0.05) is 0 Å². The minimum Gasteiger partial charge on any atom is -0.193 e. The fourth-order valence-corrected chi connectivity index (χ4v) is 1.52. The topological polar surface area (TPSA) is 0 Å². The van der Waals surface area contributed by atoms with Crippen LogP contribution in [0.3, 0.4) is 0 Å². The Morgan fingerprint density at radius 3 is 1.13 bits per heavy atom. The number of rotatable bonds is 5. The van der Waals surface area contributed by atoms with Gasteiger partial charge in [-0.25, -0.2) is 0 Å². The minimum absolute atomic E-state index is 0.197. The highest BCUT2D eigenvalue weighted by Crippen LogP contribution is 2.61. The molecule has 0 aromatic heterocycles. The standard InChI is InChI=1S/C8HBr2F13/c9-1-2(10)3(11,12)4(13,14)5(15,16)6(17,18)7(19,20)8(21,22)23/h1H/b2-1-. The predicted octanol–water partition coefficient (Wildman–Crippen LogP) is 6.36. The summed E-state index contributed by atoms with van der Waals surface area (Å²) in [5.74, 6) is -36.9. The van der Waals surface area contributed by atoms with E-state index in [1.165, 1.54) is 0 Å². The monoisotopic (exact) mass is 502 g/mol. The van der Waals surface area contributed by atoms with E-state index in [-0.39, 0.29) is 4.99 Å². The lowest BCUT2D eigenvalue weighted by Gasteiger charge is -2.39. The van der Waals surface area contributed by atoms with Crippen molar-refractivity contribution in [3.8, 4) is 0 Å². The summed E-state index contributed by atoms with van der Waals surface area (Å²) in [4.78, 5) is -0.197. The number of hydrogen-bond acceptors (Lipinski definition) is 0. The second-order valence-electron chi connectivity index (χ2n) is 3.83. The molecule has 0 aliphatic heterocycles. The molecule has 0 aliphatic rings. The highest BCUT2D eigenvalue weighted by atomic mass is 79.9. The van der Waals surface area contributed by atoms with Crippen molar-refractivity contribution in [1.82, 2.24) is 0 Å². The van der Waals surface area contributed by atoms with Crippen LogP contribution in [0.5, 0.6) is 0 Å². The van der Waals surface area contributed by atoms with E-state index in [9.17, 15) is 57.1 Å². The van der Waals surface area contributed by atoms with E-state index < -0.39 is 40.3 Å². The average Bonchev–Trinajstić information content (AvgIpc) is 2.35. The summed E-state index contributed by atoms with van der Waals surface area (Å²) in [5.41, 5.74) is 0. The molecule has 0 unspecified atom stereocenters. The molecule has 0 rings (SSSR count). The lowest BCUT2D eigenvalue weighted by atomic mass is 9.94. The second-order valence-corrected chi connectivity index (χ2v) is 5.14. The third-order valence-corrected chi connectivity index (χ3v) is 4.13. The molecular formula is C8HBr2F13. The summed E-state index contributed by atoms with van der Waals surface area (Å²) in [6.45, 7) is 0. The maximum Gasteiger partial charge on any atom is 0.460 e. The van der Waals surface area contributed by atoms with E-state index in [4.69, 9.17) is 0 Å². The Bertz CT molecular complexity index is 475. The summed E-state index contributed by atoms with van der Waals surface area (Å²) in [6.07, 6.45) is -7.41. The Morgan fingerprint density at radius 2 is 0.870 bits per heavy atom. The van der Waals surface area contributed by atoms with Crippen molar-refractivity contribution >= 4 is 31.9 Å². The minimum atomic E-state index is -7.88. The molecule has 0 fully saturated rings. The Morgan fingerprint density at radius 1 is 0.565 bits per heavy atom.